The molecule has 2 amide bonds. The first kappa shape index (κ1) is 19.7. The summed E-state index contributed by atoms with van der Waals surface area (Å²) in [6.45, 7) is 2.69. The lowest BCUT2D eigenvalue weighted by molar-refractivity contribution is 0.0532. The smallest absolute Gasteiger partial charge is 0.293 e. The number of rotatable bonds is 5. The molecule has 144 valence electrons. The number of aryl methyl sites for hydroxylation is 1. The highest BCUT2D eigenvalue weighted by molar-refractivity contribution is 6.44. The van der Waals surface area contributed by atoms with Crippen LogP contribution in [0.1, 0.15) is 26.7 Å². The number of hydroxylamine groups is 1. The monoisotopic (exact) mass is 432 g/mol. The van der Waals surface area contributed by atoms with Crippen LogP contribution in [0.5, 0.6) is 0 Å². The highest BCUT2D eigenvalue weighted by Crippen LogP contribution is 2.29. The number of hydrogen-bond acceptors (Lipinski definition) is 6. The molecule has 2 aromatic heterocycles. The molecule has 0 radical (unpaired) electrons. The van der Waals surface area contributed by atoms with Crippen LogP contribution >= 0.6 is 34.8 Å². The van der Waals surface area contributed by atoms with Gasteiger partial charge in [-0.1, -0.05) is 23.2 Å². The van der Waals surface area contributed by atoms with E-state index in [-0.39, 0.29) is 33.6 Å². The second-order valence-corrected chi connectivity index (χ2v) is 6.94. The van der Waals surface area contributed by atoms with Crippen molar-refractivity contribution in [3.63, 3.8) is 0 Å². The molecule has 2 aromatic rings. The van der Waals surface area contributed by atoms with Crippen molar-refractivity contribution in [1.82, 2.24) is 25.7 Å². The molecule has 9 nitrogen and oxygen atoms in total. The summed E-state index contributed by atoms with van der Waals surface area (Å²) in [6.07, 6.45) is 0. The summed E-state index contributed by atoms with van der Waals surface area (Å²) in [5.74, 6) is -0.416. The van der Waals surface area contributed by atoms with E-state index in [2.05, 4.69) is 30.6 Å². The maximum absolute atomic E-state index is 12.3. The maximum Gasteiger partial charge on any atom is 0.293 e. The van der Waals surface area contributed by atoms with Gasteiger partial charge >= 0.3 is 0 Å². The van der Waals surface area contributed by atoms with E-state index in [0.29, 0.717) is 29.6 Å². The van der Waals surface area contributed by atoms with Gasteiger partial charge in [-0.25, -0.2) is 15.4 Å². The number of carbonyl (C=O) groups excluding carboxylic acids is 2. The van der Waals surface area contributed by atoms with E-state index >= 15 is 0 Å². The Morgan fingerprint density at radius 2 is 1.93 bits per heavy atom. The Bertz CT molecular complexity index is 897. The number of carbonyl (C=O) groups is 2. The van der Waals surface area contributed by atoms with Crippen LogP contribution in [0.4, 0.5) is 5.82 Å². The number of anilines is 1. The number of hydrogen-bond donors (Lipinski definition) is 3. The third kappa shape index (κ3) is 4.11. The van der Waals surface area contributed by atoms with Crippen molar-refractivity contribution in [2.75, 3.05) is 25.1 Å². The predicted octanol–water partition coefficient (Wildman–Crippen LogP) is 1.98. The molecule has 0 bridgehead atoms. The van der Waals surface area contributed by atoms with Crippen molar-refractivity contribution < 1.29 is 14.4 Å². The Morgan fingerprint density at radius 3 is 2.52 bits per heavy atom. The van der Waals surface area contributed by atoms with Gasteiger partial charge in [-0.3, -0.25) is 14.4 Å². The molecule has 3 rings (SSSR count). The van der Waals surface area contributed by atoms with Crippen LogP contribution in [-0.4, -0.2) is 53.0 Å². The highest BCUT2D eigenvalue weighted by atomic mass is 35.5. The van der Waals surface area contributed by atoms with Gasteiger partial charge in [0.05, 0.1) is 23.2 Å². The SMILES string of the molecule is CONC(=O)c1cc(N2CC(NC(=O)c3[nH]c(C)c(Cl)c3Cl)C2)nc(Cl)n1. The average Bonchev–Trinajstić information content (AvgIpc) is 2.84. The summed E-state index contributed by atoms with van der Waals surface area (Å²) in [6, 6.07) is 1.37. The molecule has 0 spiro atoms. The second kappa shape index (κ2) is 7.89. The summed E-state index contributed by atoms with van der Waals surface area (Å²) >= 11 is 17.9. The highest BCUT2D eigenvalue weighted by Gasteiger charge is 2.31. The van der Waals surface area contributed by atoms with Crippen molar-refractivity contribution in [3.8, 4) is 0 Å². The fourth-order valence-corrected chi connectivity index (χ4v) is 3.17. The van der Waals surface area contributed by atoms with Crippen molar-refractivity contribution in [2.24, 2.45) is 0 Å². The van der Waals surface area contributed by atoms with E-state index in [1.165, 1.54) is 13.2 Å². The van der Waals surface area contributed by atoms with Crippen LogP contribution in [0, 0.1) is 6.92 Å². The zero-order valence-corrected chi connectivity index (χ0v) is 16.5. The first-order valence-electron chi connectivity index (χ1n) is 7.77. The van der Waals surface area contributed by atoms with Crippen LogP contribution in [0.2, 0.25) is 15.3 Å². The molecule has 0 saturated carbocycles. The van der Waals surface area contributed by atoms with Crippen LogP contribution in [0.25, 0.3) is 0 Å². The number of nitrogens with zero attached hydrogens (tertiary/aromatic N) is 3. The number of H-pyrrole nitrogens is 1. The summed E-state index contributed by atoms with van der Waals surface area (Å²) in [4.78, 5) is 41.4. The van der Waals surface area contributed by atoms with Crippen molar-refractivity contribution in [3.05, 3.63) is 38.5 Å². The first-order chi connectivity index (χ1) is 12.8. The Morgan fingerprint density at radius 1 is 1.22 bits per heavy atom. The predicted molar refractivity (Wildman–Crippen MR) is 101 cm³/mol. The number of aromatic nitrogens is 3. The lowest BCUT2D eigenvalue weighted by Gasteiger charge is -2.40. The molecule has 0 unspecified atom stereocenters. The molecule has 0 atom stereocenters. The van der Waals surface area contributed by atoms with Gasteiger partial charge in [0, 0.05) is 24.8 Å². The third-order valence-corrected chi connectivity index (χ3v) is 5.05. The van der Waals surface area contributed by atoms with Crippen molar-refractivity contribution >= 4 is 52.4 Å². The molecule has 27 heavy (non-hydrogen) atoms. The summed E-state index contributed by atoms with van der Waals surface area (Å²) in [5, 5.41) is 3.31. The number of amides is 2. The van der Waals surface area contributed by atoms with Crippen LogP contribution in [0.15, 0.2) is 6.07 Å². The lowest BCUT2D eigenvalue weighted by Crippen LogP contribution is -2.59. The van der Waals surface area contributed by atoms with E-state index < -0.39 is 5.91 Å². The molecule has 1 fully saturated rings. The molecule has 1 aliphatic heterocycles. The molecule has 0 aromatic carbocycles. The van der Waals surface area contributed by atoms with Gasteiger partial charge < -0.3 is 15.2 Å². The Kier molecular flexibility index (Phi) is 5.75. The number of nitrogens with one attached hydrogen (secondary N) is 3. The minimum atomic E-state index is -0.540. The number of aromatic amines is 1. The van der Waals surface area contributed by atoms with Gasteiger partial charge in [-0.15, -0.1) is 0 Å². The molecular weight excluding hydrogens is 419 g/mol. The fraction of sp³-hybridized carbons (Fsp3) is 0.333. The summed E-state index contributed by atoms with van der Waals surface area (Å²) < 4.78 is 0. The van der Waals surface area contributed by atoms with E-state index in [1.807, 2.05) is 4.90 Å². The summed E-state index contributed by atoms with van der Waals surface area (Å²) in [7, 11) is 1.31. The summed E-state index contributed by atoms with van der Waals surface area (Å²) in [5.41, 5.74) is 3.09. The van der Waals surface area contributed by atoms with Crippen molar-refractivity contribution in [1.29, 1.82) is 0 Å². The van der Waals surface area contributed by atoms with E-state index in [1.54, 1.807) is 6.92 Å². The van der Waals surface area contributed by atoms with Gasteiger partial charge in [-0.05, 0) is 18.5 Å². The van der Waals surface area contributed by atoms with Gasteiger partial charge in [-0.2, -0.15) is 0 Å². The lowest BCUT2D eigenvalue weighted by atomic mass is 10.1. The zero-order valence-electron chi connectivity index (χ0n) is 14.3. The van der Waals surface area contributed by atoms with Crippen LogP contribution in [0.3, 0.4) is 0 Å². The van der Waals surface area contributed by atoms with Gasteiger partial charge in [0.2, 0.25) is 5.28 Å². The molecule has 3 N–H and O–H groups in total. The molecule has 1 saturated heterocycles. The normalized spacial score (nSPS) is 14.0. The van der Waals surface area contributed by atoms with E-state index in [9.17, 15) is 9.59 Å². The minimum absolute atomic E-state index is 0.0653. The Balaban J connectivity index is 1.63. The van der Waals surface area contributed by atoms with Crippen LogP contribution in [-0.2, 0) is 4.84 Å². The Labute approximate surface area is 169 Å². The number of halogens is 3. The van der Waals surface area contributed by atoms with Gasteiger partial charge in [0.15, 0.2) is 0 Å². The largest absolute Gasteiger partial charge is 0.352 e. The topological polar surface area (TPSA) is 112 Å². The van der Waals surface area contributed by atoms with E-state index in [0.717, 1.165) is 0 Å². The average molecular weight is 434 g/mol. The maximum atomic E-state index is 12.3. The van der Waals surface area contributed by atoms with Crippen LogP contribution < -0.4 is 15.7 Å². The van der Waals surface area contributed by atoms with Crippen molar-refractivity contribution in [2.45, 2.75) is 13.0 Å². The minimum Gasteiger partial charge on any atom is -0.352 e. The molecule has 0 aliphatic carbocycles. The second-order valence-electron chi connectivity index (χ2n) is 5.84. The molecule has 1 aliphatic rings. The van der Waals surface area contributed by atoms with Gasteiger partial charge in [0.25, 0.3) is 11.8 Å². The Hall–Kier alpha value is -2.07. The quantitative estimate of drug-likeness (QED) is 0.491. The first-order valence-corrected chi connectivity index (χ1v) is 8.90. The van der Waals surface area contributed by atoms with Gasteiger partial charge in [0.1, 0.15) is 17.2 Å². The molecule has 3 heterocycles. The van der Waals surface area contributed by atoms with E-state index in [4.69, 9.17) is 34.8 Å². The molecular formula is C15H15Cl3N6O3. The third-order valence-electron chi connectivity index (χ3n) is 3.93. The zero-order chi connectivity index (χ0) is 19.7. The standard InChI is InChI=1S/C15H15Cl3N6O3/c1-6-10(16)11(17)12(19-6)14(26)20-7-4-24(5-7)9-3-8(13(25)23-27-2)21-15(18)22-9/h3,7,19H,4-5H2,1-2H3,(H,20,26)(H,23,25). The fourth-order valence-electron chi connectivity index (χ4n) is 2.57. The molecule has 12 heteroatoms.